The van der Waals surface area contributed by atoms with Crippen molar-refractivity contribution in [1.82, 2.24) is 10.2 Å². The van der Waals surface area contributed by atoms with Crippen LogP contribution in [-0.4, -0.2) is 43.2 Å². The molecule has 1 fully saturated rings. The molecule has 0 unspecified atom stereocenters. The zero-order valence-corrected chi connectivity index (χ0v) is 17.1. The summed E-state index contributed by atoms with van der Waals surface area (Å²) in [6, 6.07) is 11.3. The van der Waals surface area contributed by atoms with E-state index in [0.717, 1.165) is 12.3 Å². The van der Waals surface area contributed by atoms with Gasteiger partial charge in [0.2, 0.25) is 11.8 Å². The van der Waals surface area contributed by atoms with Crippen LogP contribution in [0.5, 0.6) is 0 Å². The lowest BCUT2D eigenvalue weighted by Gasteiger charge is -2.16. The third kappa shape index (κ3) is 4.31. The minimum atomic E-state index is -3.34. The van der Waals surface area contributed by atoms with Gasteiger partial charge in [0.25, 0.3) is 5.91 Å². The molecule has 31 heavy (non-hydrogen) atoms. The number of hydrogen-bond donors (Lipinski definition) is 1. The third-order valence-corrected chi connectivity index (χ3v) is 5.96. The van der Waals surface area contributed by atoms with Gasteiger partial charge in [-0.25, -0.2) is 12.8 Å². The van der Waals surface area contributed by atoms with E-state index < -0.39 is 27.5 Å². The average Bonchev–Trinajstić information content (AvgIpc) is 3.34. The molecule has 3 aromatic rings. The molecule has 0 radical (unpaired) electrons. The number of sulfone groups is 1. The summed E-state index contributed by atoms with van der Waals surface area (Å²) in [6.45, 7) is 0.250. The minimum absolute atomic E-state index is 0.108. The van der Waals surface area contributed by atoms with Crippen molar-refractivity contribution < 1.29 is 26.8 Å². The Kier molecular flexibility index (Phi) is 5.27. The molecular weight excluding hydrogens is 427 g/mol. The lowest BCUT2D eigenvalue weighted by Crippen LogP contribution is -2.24. The van der Waals surface area contributed by atoms with Crippen molar-refractivity contribution in [3.8, 4) is 0 Å². The predicted molar refractivity (Wildman–Crippen MR) is 108 cm³/mol. The molecular formula is C20H17FN4O5S. The number of rotatable bonds is 5. The van der Waals surface area contributed by atoms with Gasteiger partial charge in [0, 0.05) is 24.9 Å². The lowest BCUT2D eigenvalue weighted by molar-refractivity contribution is -0.117. The smallest absolute Gasteiger partial charge is 0.322 e. The lowest BCUT2D eigenvalue weighted by atomic mass is 10.1. The Morgan fingerprint density at radius 1 is 1.16 bits per heavy atom. The first-order valence-electron chi connectivity index (χ1n) is 9.22. The molecule has 1 aliphatic rings. The number of benzene rings is 2. The van der Waals surface area contributed by atoms with Crippen molar-refractivity contribution >= 4 is 33.4 Å². The zero-order valence-electron chi connectivity index (χ0n) is 16.3. The van der Waals surface area contributed by atoms with Gasteiger partial charge in [0.15, 0.2) is 9.84 Å². The monoisotopic (exact) mass is 444 g/mol. The summed E-state index contributed by atoms with van der Waals surface area (Å²) in [5.41, 5.74) is 0.384. The standard InChI is InChI=1S/C20H17FN4O5S/c1-31(28,29)14-8-6-13(7-9-14)25-11-12(10-17(25)26)19-23-24-20(30-19)22-18(27)15-4-2-3-5-16(15)21/h2-9,12H,10-11H2,1H3,(H,22,24,27)/t12-/m0/s1. The van der Waals surface area contributed by atoms with E-state index in [1.807, 2.05) is 0 Å². The third-order valence-electron chi connectivity index (χ3n) is 4.83. The number of nitrogens with one attached hydrogen (secondary N) is 1. The highest BCUT2D eigenvalue weighted by Gasteiger charge is 2.35. The van der Waals surface area contributed by atoms with Crippen LogP contribution in [0, 0.1) is 5.82 Å². The second-order valence-corrected chi connectivity index (χ2v) is 9.07. The Morgan fingerprint density at radius 2 is 1.87 bits per heavy atom. The van der Waals surface area contributed by atoms with Crippen molar-refractivity contribution in [2.75, 3.05) is 23.0 Å². The SMILES string of the molecule is CS(=O)(=O)c1ccc(N2C[C@@H](c3nnc(NC(=O)c4ccccc4F)o3)CC2=O)cc1. The number of amides is 2. The molecule has 0 spiro atoms. The molecule has 1 aromatic heterocycles. The van der Waals surface area contributed by atoms with Crippen LogP contribution in [0.2, 0.25) is 0 Å². The fourth-order valence-corrected chi connectivity index (χ4v) is 3.89. The fourth-order valence-electron chi connectivity index (χ4n) is 3.26. The number of hydrogen-bond acceptors (Lipinski definition) is 7. The Morgan fingerprint density at radius 3 is 2.55 bits per heavy atom. The van der Waals surface area contributed by atoms with Crippen LogP contribution in [0.15, 0.2) is 57.8 Å². The quantitative estimate of drug-likeness (QED) is 0.641. The van der Waals surface area contributed by atoms with Gasteiger partial charge in [-0.1, -0.05) is 17.2 Å². The van der Waals surface area contributed by atoms with Crippen molar-refractivity contribution in [3.63, 3.8) is 0 Å². The van der Waals surface area contributed by atoms with E-state index >= 15 is 0 Å². The van der Waals surface area contributed by atoms with Gasteiger partial charge in [-0.15, -0.1) is 5.10 Å². The van der Waals surface area contributed by atoms with Gasteiger partial charge in [-0.3, -0.25) is 14.9 Å². The summed E-state index contributed by atoms with van der Waals surface area (Å²) in [4.78, 5) is 26.3. The van der Waals surface area contributed by atoms with Crippen LogP contribution >= 0.6 is 0 Å². The van der Waals surface area contributed by atoms with Gasteiger partial charge in [0.05, 0.1) is 16.4 Å². The maximum atomic E-state index is 13.7. The average molecular weight is 444 g/mol. The highest BCUT2D eigenvalue weighted by molar-refractivity contribution is 7.90. The summed E-state index contributed by atoms with van der Waals surface area (Å²) >= 11 is 0. The molecule has 160 valence electrons. The van der Waals surface area contributed by atoms with E-state index in [-0.39, 0.29) is 41.2 Å². The summed E-state index contributed by atoms with van der Waals surface area (Å²) in [5, 5.41) is 9.99. The Balaban J connectivity index is 1.46. The van der Waals surface area contributed by atoms with Gasteiger partial charge < -0.3 is 9.32 Å². The Bertz CT molecular complexity index is 1260. The number of aromatic nitrogens is 2. The summed E-state index contributed by atoms with van der Waals surface area (Å²) < 4.78 is 42.4. The summed E-state index contributed by atoms with van der Waals surface area (Å²) in [5.74, 6) is -1.85. The second kappa shape index (κ2) is 7.91. The van der Waals surface area contributed by atoms with Gasteiger partial charge in [-0.2, -0.15) is 0 Å². The van der Waals surface area contributed by atoms with Crippen molar-refractivity contribution in [1.29, 1.82) is 0 Å². The molecule has 1 atom stereocenters. The van der Waals surface area contributed by atoms with E-state index in [1.54, 1.807) is 12.1 Å². The molecule has 2 heterocycles. The normalized spacial score (nSPS) is 16.5. The van der Waals surface area contributed by atoms with Crippen LogP contribution in [0.4, 0.5) is 16.1 Å². The highest BCUT2D eigenvalue weighted by atomic mass is 32.2. The first-order valence-corrected chi connectivity index (χ1v) is 11.1. The molecule has 0 aliphatic carbocycles. The van der Waals surface area contributed by atoms with E-state index in [2.05, 4.69) is 15.5 Å². The van der Waals surface area contributed by atoms with E-state index in [0.29, 0.717) is 5.69 Å². The summed E-state index contributed by atoms with van der Waals surface area (Å²) in [6.07, 6.45) is 1.22. The van der Waals surface area contributed by atoms with Crippen molar-refractivity contribution in [2.24, 2.45) is 0 Å². The molecule has 2 amide bonds. The maximum Gasteiger partial charge on any atom is 0.322 e. The Hall–Kier alpha value is -3.60. The number of carbonyl (C=O) groups is 2. The minimum Gasteiger partial charge on any atom is -0.407 e. The number of halogens is 1. The highest BCUT2D eigenvalue weighted by Crippen LogP contribution is 2.32. The summed E-state index contributed by atoms with van der Waals surface area (Å²) in [7, 11) is -3.34. The van der Waals surface area contributed by atoms with Crippen LogP contribution < -0.4 is 10.2 Å². The van der Waals surface area contributed by atoms with Gasteiger partial charge in [-0.05, 0) is 36.4 Å². The maximum absolute atomic E-state index is 13.7. The molecule has 11 heteroatoms. The van der Waals surface area contributed by atoms with Crippen LogP contribution in [-0.2, 0) is 14.6 Å². The van der Waals surface area contributed by atoms with Crippen LogP contribution in [0.1, 0.15) is 28.6 Å². The molecule has 0 bridgehead atoms. The predicted octanol–water partition coefficient (Wildman–Crippen LogP) is 2.39. The number of anilines is 2. The van der Waals surface area contributed by atoms with Crippen molar-refractivity contribution in [3.05, 3.63) is 65.8 Å². The molecule has 9 nitrogen and oxygen atoms in total. The van der Waals surface area contributed by atoms with E-state index in [1.165, 1.54) is 35.2 Å². The second-order valence-electron chi connectivity index (χ2n) is 7.05. The molecule has 1 N–H and O–H groups in total. The first-order chi connectivity index (χ1) is 14.7. The first kappa shape index (κ1) is 20.7. The zero-order chi connectivity index (χ0) is 22.2. The topological polar surface area (TPSA) is 122 Å². The van der Waals surface area contributed by atoms with Crippen LogP contribution in [0.3, 0.4) is 0 Å². The van der Waals surface area contributed by atoms with E-state index in [4.69, 9.17) is 4.42 Å². The molecule has 4 rings (SSSR count). The molecule has 0 saturated carbocycles. The Labute approximate surface area is 176 Å². The van der Waals surface area contributed by atoms with Gasteiger partial charge >= 0.3 is 6.01 Å². The molecule has 1 aliphatic heterocycles. The largest absolute Gasteiger partial charge is 0.407 e. The fraction of sp³-hybridized carbons (Fsp3) is 0.200. The van der Waals surface area contributed by atoms with Gasteiger partial charge in [0.1, 0.15) is 5.82 Å². The molecule has 1 saturated heterocycles. The van der Waals surface area contributed by atoms with Crippen LogP contribution in [0.25, 0.3) is 0 Å². The molecule has 2 aromatic carbocycles. The van der Waals surface area contributed by atoms with Crippen molar-refractivity contribution in [2.45, 2.75) is 17.2 Å². The van der Waals surface area contributed by atoms with E-state index in [9.17, 15) is 22.4 Å². The number of carbonyl (C=O) groups excluding carboxylic acids is 2. The number of nitrogens with zero attached hydrogens (tertiary/aromatic N) is 3.